The fraction of sp³-hybridized carbons (Fsp3) is 0.238. The zero-order valence-electron chi connectivity index (χ0n) is 14.7. The van der Waals surface area contributed by atoms with Crippen molar-refractivity contribution in [3.63, 3.8) is 0 Å². The molecule has 1 aromatic heterocycles. The first-order chi connectivity index (χ1) is 13.1. The summed E-state index contributed by atoms with van der Waals surface area (Å²) < 4.78 is 0. The van der Waals surface area contributed by atoms with Crippen LogP contribution in [0.15, 0.2) is 54.6 Å². The maximum Gasteiger partial charge on any atom is 0.270 e. The molecule has 1 atom stereocenters. The van der Waals surface area contributed by atoms with E-state index in [0.29, 0.717) is 29.5 Å². The van der Waals surface area contributed by atoms with Gasteiger partial charge in [-0.1, -0.05) is 29.8 Å². The molecule has 138 valence electrons. The van der Waals surface area contributed by atoms with Gasteiger partial charge in [-0.15, -0.1) is 0 Å². The fourth-order valence-corrected chi connectivity index (χ4v) is 3.64. The van der Waals surface area contributed by atoms with Crippen LogP contribution >= 0.6 is 11.6 Å². The van der Waals surface area contributed by atoms with Gasteiger partial charge in [-0.25, -0.2) is 0 Å². The number of piperidine rings is 1. The summed E-state index contributed by atoms with van der Waals surface area (Å²) in [5, 5.41) is 4.55. The van der Waals surface area contributed by atoms with Crippen molar-refractivity contribution in [1.29, 1.82) is 0 Å². The molecule has 4 rings (SSSR count). The summed E-state index contributed by atoms with van der Waals surface area (Å²) in [4.78, 5) is 30.4. The number of carbonyl (C=O) groups is 2. The van der Waals surface area contributed by atoms with E-state index in [2.05, 4.69) is 10.3 Å². The Hall–Kier alpha value is -2.79. The van der Waals surface area contributed by atoms with Gasteiger partial charge in [-0.3, -0.25) is 9.59 Å². The Morgan fingerprint density at radius 2 is 1.89 bits per heavy atom. The summed E-state index contributed by atoms with van der Waals surface area (Å²) in [5.41, 5.74) is 2.22. The van der Waals surface area contributed by atoms with Crippen molar-refractivity contribution in [2.45, 2.75) is 12.8 Å². The first-order valence-electron chi connectivity index (χ1n) is 9.03. The minimum absolute atomic E-state index is 0.0600. The number of likely N-dealkylation sites (tertiary alicyclic amines) is 1. The van der Waals surface area contributed by atoms with Crippen LogP contribution in [0.25, 0.3) is 10.9 Å². The number of nitrogens with one attached hydrogen (secondary N) is 2. The second-order valence-electron chi connectivity index (χ2n) is 6.86. The second-order valence-corrected chi connectivity index (χ2v) is 7.29. The third kappa shape index (κ3) is 3.83. The minimum atomic E-state index is -0.220. The predicted octanol–water partition coefficient (Wildman–Crippen LogP) is 4.31. The van der Waals surface area contributed by atoms with Crippen LogP contribution in [-0.2, 0) is 4.79 Å². The molecular formula is C21H20ClN3O2. The molecule has 27 heavy (non-hydrogen) atoms. The summed E-state index contributed by atoms with van der Waals surface area (Å²) >= 11 is 5.88. The van der Waals surface area contributed by atoms with Gasteiger partial charge in [0.1, 0.15) is 5.69 Å². The van der Waals surface area contributed by atoms with Gasteiger partial charge in [0.15, 0.2) is 0 Å². The summed E-state index contributed by atoms with van der Waals surface area (Å²) in [6.07, 6.45) is 1.58. The number of aromatic nitrogens is 1. The highest BCUT2D eigenvalue weighted by atomic mass is 35.5. The Morgan fingerprint density at radius 3 is 2.67 bits per heavy atom. The number of anilines is 1. The van der Waals surface area contributed by atoms with E-state index in [1.165, 1.54) is 0 Å². The number of halogens is 1. The molecule has 0 spiro atoms. The molecule has 0 aliphatic carbocycles. The number of rotatable bonds is 3. The summed E-state index contributed by atoms with van der Waals surface area (Å²) in [6, 6.07) is 16.7. The van der Waals surface area contributed by atoms with E-state index in [1.807, 2.05) is 30.3 Å². The zero-order valence-corrected chi connectivity index (χ0v) is 15.5. The standard InChI is InChI=1S/C21H20ClN3O2/c22-16-7-9-17(10-8-16)23-20(26)15-5-3-11-25(13-15)21(27)19-12-14-4-1-2-6-18(14)24-19/h1-2,4,6-10,12,15,24H,3,5,11,13H2,(H,23,26)/t15-/m1/s1. The summed E-state index contributed by atoms with van der Waals surface area (Å²) in [6.45, 7) is 1.09. The third-order valence-corrected chi connectivity index (χ3v) is 5.20. The number of para-hydroxylation sites is 1. The minimum Gasteiger partial charge on any atom is -0.351 e. The predicted molar refractivity (Wildman–Crippen MR) is 107 cm³/mol. The lowest BCUT2D eigenvalue weighted by atomic mass is 9.96. The molecule has 0 bridgehead atoms. The number of carbonyl (C=O) groups excluding carboxylic acids is 2. The number of fused-ring (bicyclic) bond motifs is 1. The van der Waals surface area contributed by atoms with Gasteiger partial charge < -0.3 is 15.2 Å². The van der Waals surface area contributed by atoms with Gasteiger partial charge in [-0.05, 0) is 49.2 Å². The van der Waals surface area contributed by atoms with Gasteiger partial charge in [0, 0.05) is 34.7 Å². The fourth-order valence-electron chi connectivity index (χ4n) is 3.51. The van der Waals surface area contributed by atoms with Crippen molar-refractivity contribution in [2.75, 3.05) is 18.4 Å². The number of hydrogen-bond donors (Lipinski definition) is 2. The van der Waals surface area contributed by atoms with E-state index in [4.69, 9.17) is 11.6 Å². The van der Waals surface area contributed by atoms with Crippen LogP contribution in [0.3, 0.4) is 0 Å². The molecule has 2 aromatic carbocycles. The molecule has 5 nitrogen and oxygen atoms in total. The molecule has 1 aliphatic rings. The Balaban J connectivity index is 1.44. The average molecular weight is 382 g/mol. The van der Waals surface area contributed by atoms with Gasteiger partial charge in [0.2, 0.25) is 5.91 Å². The van der Waals surface area contributed by atoms with Gasteiger partial charge in [0.05, 0.1) is 5.92 Å². The Bertz CT molecular complexity index is 948. The largest absolute Gasteiger partial charge is 0.351 e. The van der Waals surface area contributed by atoms with Crippen molar-refractivity contribution in [1.82, 2.24) is 9.88 Å². The van der Waals surface area contributed by atoms with Crippen LogP contribution in [-0.4, -0.2) is 34.8 Å². The number of aromatic amines is 1. The number of hydrogen-bond acceptors (Lipinski definition) is 2. The molecule has 3 aromatic rings. The normalized spacial score (nSPS) is 17.1. The van der Waals surface area contributed by atoms with Crippen molar-refractivity contribution in [3.05, 3.63) is 65.3 Å². The molecule has 0 saturated carbocycles. The number of nitrogens with zero attached hydrogens (tertiary/aromatic N) is 1. The van der Waals surface area contributed by atoms with E-state index in [9.17, 15) is 9.59 Å². The van der Waals surface area contributed by atoms with Crippen molar-refractivity contribution >= 4 is 40.0 Å². The third-order valence-electron chi connectivity index (χ3n) is 4.95. The van der Waals surface area contributed by atoms with E-state index in [1.54, 1.807) is 29.2 Å². The molecule has 2 heterocycles. The van der Waals surface area contributed by atoms with Gasteiger partial charge in [-0.2, -0.15) is 0 Å². The van der Waals surface area contributed by atoms with E-state index >= 15 is 0 Å². The summed E-state index contributed by atoms with van der Waals surface area (Å²) in [7, 11) is 0. The second kappa shape index (κ2) is 7.45. The highest BCUT2D eigenvalue weighted by Gasteiger charge is 2.29. The van der Waals surface area contributed by atoms with Crippen LogP contribution in [0.4, 0.5) is 5.69 Å². The number of benzene rings is 2. The van der Waals surface area contributed by atoms with Crippen molar-refractivity contribution < 1.29 is 9.59 Å². The Labute approximate surface area is 162 Å². The molecular weight excluding hydrogens is 362 g/mol. The van der Waals surface area contributed by atoms with Gasteiger partial charge in [0.25, 0.3) is 5.91 Å². The van der Waals surface area contributed by atoms with Crippen LogP contribution in [0.1, 0.15) is 23.3 Å². The number of H-pyrrole nitrogens is 1. The van der Waals surface area contributed by atoms with Crippen LogP contribution < -0.4 is 5.32 Å². The molecule has 0 unspecified atom stereocenters. The molecule has 2 amide bonds. The van der Waals surface area contributed by atoms with Crippen molar-refractivity contribution in [2.24, 2.45) is 5.92 Å². The van der Waals surface area contributed by atoms with E-state index in [0.717, 1.165) is 23.7 Å². The maximum absolute atomic E-state index is 12.9. The SMILES string of the molecule is O=C(Nc1ccc(Cl)cc1)[C@@H]1CCCN(C(=O)c2cc3ccccc3[nH]2)C1. The lowest BCUT2D eigenvalue weighted by Gasteiger charge is -2.31. The van der Waals surface area contributed by atoms with E-state index < -0.39 is 0 Å². The zero-order chi connectivity index (χ0) is 18.8. The molecule has 1 aliphatic heterocycles. The van der Waals surface area contributed by atoms with Crippen molar-refractivity contribution in [3.8, 4) is 0 Å². The number of amides is 2. The Kier molecular flexibility index (Phi) is 4.86. The quantitative estimate of drug-likeness (QED) is 0.709. The lowest BCUT2D eigenvalue weighted by Crippen LogP contribution is -2.43. The molecule has 1 saturated heterocycles. The first-order valence-corrected chi connectivity index (χ1v) is 9.41. The van der Waals surface area contributed by atoms with Crippen LogP contribution in [0.5, 0.6) is 0 Å². The average Bonchev–Trinajstić information content (AvgIpc) is 3.13. The highest BCUT2D eigenvalue weighted by molar-refractivity contribution is 6.30. The molecule has 1 fully saturated rings. The smallest absolute Gasteiger partial charge is 0.270 e. The van der Waals surface area contributed by atoms with Crippen LogP contribution in [0, 0.1) is 5.92 Å². The van der Waals surface area contributed by atoms with Gasteiger partial charge >= 0.3 is 0 Å². The Morgan fingerprint density at radius 1 is 1.11 bits per heavy atom. The monoisotopic (exact) mass is 381 g/mol. The lowest BCUT2D eigenvalue weighted by molar-refractivity contribution is -0.121. The van der Waals surface area contributed by atoms with Crippen LogP contribution in [0.2, 0.25) is 5.02 Å². The topological polar surface area (TPSA) is 65.2 Å². The molecule has 6 heteroatoms. The highest BCUT2D eigenvalue weighted by Crippen LogP contribution is 2.22. The maximum atomic E-state index is 12.9. The first kappa shape index (κ1) is 17.6. The molecule has 2 N–H and O–H groups in total. The summed E-state index contributed by atoms with van der Waals surface area (Å²) in [5.74, 6) is -0.343. The molecule has 0 radical (unpaired) electrons. The van der Waals surface area contributed by atoms with E-state index in [-0.39, 0.29) is 17.7 Å².